The molecule has 7 heteroatoms. The van der Waals surface area contributed by atoms with Crippen molar-refractivity contribution >= 4 is 5.78 Å². The molecule has 0 bridgehead atoms. The first-order valence-electron chi connectivity index (χ1n) is 3.92. The maximum absolute atomic E-state index is 10.7. The van der Waals surface area contributed by atoms with Crippen LogP contribution in [0, 0.1) is 0 Å². The van der Waals surface area contributed by atoms with Gasteiger partial charge < -0.3 is 30.6 Å². The van der Waals surface area contributed by atoms with Crippen LogP contribution < -0.4 is 0 Å². The topological polar surface area (TPSA) is 138 Å². The van der Waals surface area contributed by atoms with Gasteiger partial charge in [-0.15, -0.1) is 0 Å². The van der Waals surface area contributed by atoms with E-state index >= 15 is 0 Å². The molecule has 0 fully saturated rings. The third kappa shape index (κ3) is 3.29. The van der Waals surface area contributed by atoms with Gasteiger partial charge in [0, 0.05) is 0 Å². The highest BCUT2D eigenvalue weighted by Gasteiger charge is 2.33. The van der Waals surface area contributed by atoms with E-state index in [4.69, 9.17) is 30.6 Å². The SMILES string of the molecule is O=C(CO)[C@H](O)[C@@H](O)[C@@H](O)[C@H](O)CO. The lowest BCUT2D eigenvalue weighted by Crippen LogP contribution is -2.49. The average Bonchev–Trinajstić information content (AvgIpc) is 2.23. The zero-order chi connectivity index (χ0) is 11.3. The van der Waals surface area contributed by atoms with E-state index in [0.717, 1.165) is 0 Å². The Labute approximate surface area is 79.9 Å². The summed E-state index contributed by atoms with van der Waals surface area (Å²) in [6, 6.07) is 0. The Hall–Kier alpha value is -0.570. The van der Waals surface area contributed by atoms with Crippen molar-refractivity contribution in [1.29, 1.82) is 0 Å². The van der Waals surface area contributed by atoms with E-state index in [9.17, 15) is 4.79 Å². The number of carbonyl (C=O) groups is 1. The third-order valence-electron chi connectivity index (χ3n) is 1.74. The van der Waals surface area contributed by atoms with Crippen LogP contribution in [-0.2, 0) is 4.79 Å². The van der Waals surface area contributed by atoms with Gasteiger partial charge in [-0.25, -0.2) is 0 Å². The molecule has 0 spiro atoms. The summed E-state index contributed by atoms with van der Waals surface area (Å²) in [4.78, 5) is 10.7. The predicted octanol–water partition coefficient (Wildman–Crippen LogP) is -4.02. The molecule has 84 valence electrons. The van der Waals surface area contributed by atoms with E-state index in [1.165, 1.54) is 0 Å². The Morgan fingerprint density at radius 2 is 1.50 bits per heavy atom. The van der Waals surface area contributed by atoms with Crippen molar-refractivity contribution in [2.75, 3.05) is 13.2 Å². The smallest absolute Gasteiger partial charge is 0.189 e. The van der Waals surface area contributed by atoms with Gasteiger partial charge in [-0.3, -0.25) is 4.79 Å². The second kappa shape index (κ2) is 6.02. The third-order valence-corrected chi connectivity index (χ3v) is 1.74. The quantitative estimate of drug-likeness (QED) is 0.262. The van der Waals surface area contributed by atoms with Crippen molar-refractivity contribution in [2.45, 2.75) is 24.4 Å². The molecule has 0 heterocycles. The van der Waals surface area contributed by atoms with E-state index in [-0.39, 0.29) is 0 Å². The van der Waals surface area contributed by atoms with E-state index in [2.05, 4.69) is 0 Å². The summed E-state index contributed by atoms with van der Waals surface area (Å²) in [6.07, 6.45) is -7.45. The molecule has 6 N–H and O–H groups in total. The molecule has 0 aliphatic heterocycles. The van der Waals surface area contributed by atoms with Crippen LogP contribution in [0.5, 0.6) is 0 Å². The molecule has 0 aliphatic rings. The highest BCUT2D eigenvalue weighted by molar-refractivity contribution is 5.84. The number of ketones is 1. The standard InChI is InChI=1S/C7H14O7/c8-1-3(10)5(12)7(14)6(13)4(11)2-9/h3,5-10,12-14H,1-2H2/t3-,5+,6+,7+/m1/s1. The summed E-state index contributed by atoms with van der Waals surface area (Å²) in [5.41, 5.74) is 0. The van der Waals surface area contributed by atoms with Crippen LogP contribution in [0.15, 0.2) is 0 Å². The van der Waals surface area contributed by atoms with Crippen LogP contribution in [0.3, 0.4) is 0 Å². The number of aliphatic hydroxyl groups excluding tert-OH is 6. The van der Waals surface area contributed by atoms with E-state index in [1.807, 2.05) is 0 Å². The fraction of sp³-hybridized carbons (Fsp3) is 0.857. The second-order valence-corrected chi connectivity index (χ2v) is 2.80. The first-order chi connectivity index (χ1) is 6.45. The van der Waals surface area contributed by atoms with Crippen LogP contribution in [0.4, 0.5) is 0 Å². The monoisotopic (exact) mass is 210 g/mol. The molecule has 0 aromatic rings. The Bertz CT molecular complexity index is 183. The lowest BCUT2D eigenvalue weighted by Gasteiger charge is -2.24. The number of rotatable bonds is 6. The molecule has 0 saturated carbocycles. The van der Waals surface area contributed by atoms with Crippen molar-refractivity contribution in [3.8, 4) is 0 Å². The van der Waals surface area contributed by atoms with Gasteiger partial charge in [0.2, 0.25) is 0 Å². The van der Waals surface area contributed by atoms with Gasteiger partial charge in [0.1, 0.15) is 31.0 Å². The number of aliphatic hydroxyl groups is 6. The van der Waals surface area contributed by atoms with Crippen molar-refractivity contribution in [3.63, 3.8) is 0 Å². The minimum Gasteiger partial charge on any atom is -0.394 e. The molecular formula is C7H14O7. The van der Waals surface area contributed by atoms with Crippen LogP contribution in [0.2, 0.25) is 0 Å². The molecule has 0 aliphatic carbocycles. The Kier molecular flexibility index (Phi) is 5.77. The molecule has 4 atom stereocenters. The highest BCUT2D eigenvalue weighted by atomic mass is 16.4. The summed E-state index contributed by atoms with van der Waals surface area (Å²) in [5, 5.41) is 52.7. The molecular weight excluding hydrogens is 196 g/mol. The molecule has 0 amide bonds. The molecule has 14 heavy (non-hydrogen) atoms. The summed E-state index contributed by atoms with van der Waals surface area (Å²) >= 11 is 0. The minimum absolute atomic E-state index is 0.821. The largest absolute Gasteiger partial charge is 0.394 e. The zero-order valence-electron chi connectivity index (χ0n) is 7.32. The Morgan fingerprint density at radius 3 is 1.86 bits per heavy atom. The molecule has 0 aromatic carbocycles. The van der Waals surface area contributed by atoms with Crippen LogP contribution >= 0.6 is 0 Å². The summed E-state index contributed by atoms with van der Waals surface area (Å²) < 4.78 is 0. The second-order valence-electron chi connectivity index (χ2n) is 2.80. The van der Waals surface area contributed by atoms with Gasteiger partial charge in [-0.05, 0) is 0 Å². The molecule has 0 radical (unpaired) electrons. The van der Waals surface area contributed by atoms with Crippen LogP contribution in [0.25, 0.3) is 0 Å². The van der Waals surface area contributed by atoms with E-state index < -0.39 is 43.4 Å². The van der Waals surface area contributed by atoms with Gasteiger partial charge in [0.05, 0.1) is 6.61 Å². The summed E-state index contributed by atoms with van der Waals surface area (Å²) in [7, 11) is 0. The van der Waals surface area contributed by atoms with Crippen molar-refractivity contribution in [3.05, 3.63) is 0 Å². The van der Waals surface area contributed by atoms with Crippen molar-refractivity contribution in [2.24, 2.45) is 0 Å². The molecule has 0 saturated heterocycles. The number of hydrogen-bond donors (Lipinski definition) is 6. The lowest BCUT2D eigenvalue weighted by molar-refractivity contribution is -0.149. The highest BCUT2D eigenvalue weighted by Crippen LogP contribution is 2.05. The Balaban J connectivity index is 4.30. The van der Waals surface area contributed by atoms with E-state index in [1.54, 1.807) is 0 Å². The van der Waals surface area contributed by atoms with Crippen LogP contribution in [0.1, 0.15) is 0 Å². The van der Waals surface area contributed by atoms with Crippen molar-refractivity contribution in [1.82, 2.24) is 0 Å². The Morgan fingerprint density at radius 1 is 1.00 bits per heavy atom. The fourth-order valence-corrected chi connectivity index (χ4v) is 0.806. The average molecular weight is 210 g/mol. The zero-order valence-corrected chi connectivity index (χ0v) is 7.32. The maximum atomic E-state index is 10.7. The summed E-state index contributed by atoms with van der Waals surface area (Å²) in [6.45, 7) is -1.81. The van der Waals surface area contributed by atoms with Gasteiger partial charge in [0.25, 0.3) is 0 Å². The van der Waals surface area contributed by atoms with Gasteiger partial charge in [0.15, 0.2) is 5.78 Å². The van der Waals surface area contributed by atoms with Gasteiger partial charge in [-0.1, -0.05) is 0 Å². The van der Waals surface area contributed by atoms with Gasteiger partial charge >= 0.3 is 0 Å². The molecule has 0 rings (SSSR count). The summed E-state index contributed by atoms with van der Waals surface area (Å²) in [5.74, 6) is -1.08. The normalized spacial score (nSPS) is 19.9. The lowest BCUT2D eigenvalue weighted by atomic mass is 10.0. The number of carbonyl (C=O) groups excluding carboxylic acids is 1. The van der Waals surface area contributed by atoms with Gasteiger partial charge in [-0.2, -0.15) is 0 Å². The van der Waals surface area contributed by atoms with E-state index in [0.29, 0.717) is 0 Å². The fourth-order valence-electron chi connectivity index (χ4n) is 0.806. The minimum atomic E-state index is -1.99. The number of hydrogen-bond acceptors (Lipinski definition) is 7. The first-order valence-corrected chi connectivity index (χ1v) is 3.92. The molecule has 0 aromatic heterocycles. The molecule has 7 nitrogen and oxygen atoms in total. The van der Waals surface area contributed by atoms with Crippen molar-refractivity contribution < 1.29 is 35.4 Å². The molecule has 0 unspecified atom stereocenters. The number of Topliss-reactive ketones (excluding diaryl/α,β-unsaturated/α-hetero) is 1. The predicted molar refractivity (Wildman–Crippen MR) is 43.2 cm³/mol. The van der Waals surface area contributed by atoms with Crippen LogP contribution in [-0.4, -0.2) is 74.1 Å². The first kappa shape index (κ1) is 13.4. The maximum Gasteiger partial charge on any atom is 0.189 e.